The van der Waals surface area contributed by atoms with Crippen LogP contribution >= 0.6 is 0 Å². The van der Waals surface area contributed by atoms with Crippen molar-refractivity contribution in [2.24, 2.45) is 0 Å². The molecule has 2 rings (SSSR count). The Morgan fingerprint density at radius 2 is 1.55 bits per heavy atom. The van der Waals surface area contributed by atoms with Gasteiger partial charge >= 0.3 is 11.9 Å². The van der Waals surface area contributed by atoms with Crippen LogP contribution in [0.1, 0.15) is 27.6 Å². The van der Waals surface area contributed by atoms with Crippen LogP contribution in [-0.2, 0) is 29.5 Å². The number of anilines is 2. The normalized spacial score (nSPS) is 11.7. The number of methoxy groups -OCH3 is 2. The summed E-state index contributed by atoms with van der Waals surface area (Å²) in [5, 5.41) is 2.94. The molecule has 0 radical (unpaired) electrons. The molecule has 2 aromatic carbocycles. The van der Waals surface area contributed by atoms with Gasteiger partial charge in [-0.2, -0.15) is 0 Å². The Balaban J connectivity index is 2.69. The molecule has 0 aliphatic carbocycles. The summed E-state index contributed by atoms with van der Waals surface area (Å²) in [7, 11) is -3.46. The van der Waals surface area contributed by atoms with Gasteiger partial charge in [-0.3, -0.25) is 4.72 Å². The largest absolute Gasteiger partial charge is 0.465 e. The number of ether oxygens (including phenoxy) is 2. The number of rotatable bonds is 9. The Bertz CT molecular complexity index is 1270. The third-order valence-electron chi connectivity index (χ3n) is 4.48. The van der Waals surface area contributed by atoms with Crippen molar-refractivity contribution in [1.82, 2.24) is 4.31 Å². The van der Waals surface area contributed by atoms with E-state index >= 15 is 0 Å². The van der Waals surface area contributed by atoms with E-state index in [-0.39, 0.29) is 21.7 Å². The van der Waals surface area contributed by atoms with Crippen LogP contribution in [0.25, 0.3) is 0 Å². The number of benzene rings is 2. The lowest BCUT2D eigenvalue weighted by molar-refractivity contribution is 0.0583. The minimum atomic E-state index is -4.49. The van der Waals surface area contributed by atoms with Crippen LogP contribution in [0, 0.1) is 0 Å². The topological polar surface area (TPSA) is 148 Å². The van der Waals surface area contributed by atoms with E-state index in [2.05, 4.69) is 19.5 Å². The first-order valence-electron chi connectivity index (χ1n) is 9.53. The van der Waals surface area contributed by atoms with Crippen molar-refractivity contribution in [2.75, 3.05) is 44.9 Å². The number of nitrogens with zero attached hydrogens (tertiary/aromatic N) is 1. The number of carbonyl (C=O) groups excluding carboxylic acids is 2. The molecule has 0 unspecified atom stereocenters. The van der Waals surface area contributed by atoms with E-state index in [0.717, 1.165) is 36.7 Å². The van der Waals surface area contributed by atoms with Gasteiger partial charge < -0.3 is 14.8 Å². The average Bonchev–Trinajstić information content (AvgIpc) is 2.78. The predicted octanol–water partition coefficient (Wildman–Crippen LogP) is 1.74. The van der Waals surface area contributed by atoms with E-state index in [4.69, 9.17) is 0 Å². The van der Waals surface area contributed by atoms with Crippen LogP contribution in [0.2, 0.25) is 0 Å². The molecular weight excluding hydrogens is 474 g/mol. The summed E-state index contributed by atoms with van der Waals surface area (Å²) in [6.07, 6.45) is 0. The van der Waals surface area contributed by atoms with Crippen molar-refractivity contribution < 1.29 is 35.9 Å². The lowest BCUT2D eigenvalue weighted by Crippen LogP contribution is -2.23. The summed E-state index contributed by atoms with van der Waals surface area (Å²) < 4.78 is 64.3. The molecule has 0 saturated carbocycles. The van der Waals surface area contributed by atoms with Crippen LogP contribution in [-0.4, -0.2) is 67.9 Å². The average molecular weight is 500 g/mol. The highest BCUT2D eigenvalue weighted by Crippen LogP contribution is 2.30. The van der Waals surface area contributed by atoms with Gasteiger partial charge in [0.05, 0.1) is 41.6 Å². The molecule has 0 atom stereocenters. The summed E-state index contributed by atoms with van der Waals surface area (Å²) in [5.74, 6) is -1.75. The Morgan fingerprint density at radius 3 is 2.09 bits per heavy atom. The van der Waals surface area contributed by atoms with Gasteiger partial charge in [-0.25, -0.2) is 30.7 Å². The Kier molecular flexibility index (Phi) is 8.06. The van der Waals surface area contributed by atoms with E-state index in [9.17, 15) is 26.4 Å². The Morgan fingerprint density at radius 1 is 0.909 bits per heavy atom. The fourth-order valence-electron chi connectivity index (χ4n) is 2.79. The molecule has 0 bridgehead atoms. The maximum absolute atomic E-state index is 13.3. The molecule has 33 heavy (non-hydrogen) atoms. The molecule has 0 amide bonds. The van der Waals surface area contributed by atoms with Gasteiger partial charge in [0, 0.05) is 20.6 Å². The monoisotopic (exact) mass is 499 g/mol. The Labute approximate surface area is 192 Å². The minimum absolute atomic E-state index is 0.0703. The second kappa shape index (κ2) is 10.2. The zero-order chi connectivity index (χ0) is 25.0. The molecule has 0 spiro atoms. The first kappa shape index (κ1) is 26.1. The molecule has 0 aliphatic rings. The van der Waals surface area contributed by atoms with Gasteiger partial charge in [0.25, 0.3) is 10.0 Å². The summed E-state index contributed by atoms with van der Waals surface area (Å²) in [5.41, 5.74) is -0.192. The summed E-state index contributed by atoms with van der Waals surface area (Å²) in [6.45, 7) is 2.19. The molecule has 2 aromatic rings. The SMILES string of the molecule is CCNc1ccc(S(=O)(=O)N(C)C)cc1NS(=O)(=O)c1cc(C(=O)OC)ccc1C(=O)OC. The van der Waals surface area contributed by atoms with Gasteiger partial charge in [-0.15, -0.1) is 0 Å². The van der Waals surface area contributed by atoms with Crippen LogP contribution in [0.3, 0.4) is 0 Å². The summed E-state index contributed by atoms with van der Waals surface area (Å²) in [4.78, 5) is 23.4. The van der Waals surface area contributed by atoms with E-state index in [1.54, 1.807) is 6.92 Å². The van der Waals surface area contributed by atoms with Crippen molar-refractivity contribution >= 4 is 43.4 Å². The van der Waals surface area contributed by atoms with Crippen LogP contribution in [0.5, 0.6) is 0 Å². The first-order chi connectivity index (χ1) is 15.4. The molecule has 180 valence electrons. The van der Waals surface area contributed by atoms with E-state index in [1.807, 2.05) is 0 Å². The van der Waals surface area contributed by atoms with Crippen molar-refractivity contribution in [3.63, 3.8) is 0 Å². The molecular formula is C20H25N3O8S2. The van der Waals surface area contributed by atoms with Crippen molar-refractivity contribution in [2.45, 2.75) is 16.7 Å². The van der Waals surface area contributed by atoms with E-state index in [0.29, 0.717) is 12.2 Å². The number of hydrogen-bond donors (Lipinski definition) is 2. The quantitative estimate of drug-likeness (QED) is 0.492. The molecule has 13 heteroatoms. The lowest BCUT2D eigenvalue weighted by Gasteiger charge is -2.18. The van der Waals surface area contributed by atoms with E-state index < -0.39 is 36.9 Å². The van der Waals surface area contributed by atoms with E-state index in [1.165, 1.54) is 32.3 Å². The standard InChI is InChI=1S/C20H25N3O8S2/c1-6-21-16-10-8-14(33(28,29)23(2)3)12-17(16)22-32(26,27)18-11-13(19(24)30-4)7-9-15(18)20(25)31-5/h7-12,21-22H,6H2,1-5H3. The van der Waals surface area contributed by atoms with Crippen molar-refractivity contribution in [1.29, 1.82) is 0 Å². The second-order valence-electron chi connectivity index (χ2n) is 6.82. The van der Waals surface area contributed by atoms with Crippen LogP contribution in [0.4, 0.5) is 11.4 Å². The molecule has 0 aliphatic heterocycles. The highest BCUT2D eigenvalue weighted by molar-refractivity contribution is 7.92. The highest BCUT2D eigenvalue weighted by atomic mass is 32.2. The third kappa shape index (κ3) is 5.61. The predicted molar refractivity (Wildman–Crippen MR) is 121 cm³/mol. The van der Waals surface area contributed by atoms with Gasteiger partial charge in [0.1, 0.15) is 4.90 Å². The fourth-order valence-corrected chi connectivity index (χ4v) is 5.01. The fraction of sp³-hybridized carbons (Fsp3) is 0.300. The van der Waals surface area contributed by atoms with Gasteiger partial charge in [-0.1, -0.05) is 0 Å². The molecule has 11 nitrogen and oxygen atoms in total. The first-order valence-corrected chi connectivity index (χ1v) is 12.4. The Hall–Kier alpha value is -3.16. The lowest BCUT2D eigenvalue weighted by atomic mass is 10.1. The molecule has 0 saturated heterocycles. The number of esters is 2. The van der Waals surface area contributed by atoms with Gasteiger partial charge in [-0.05, 0) is 43.3 Å². The number of carbonyl (C=O) groups is 2. The molecule has 0 aromatic heterocycles. The maximum Gasteiger partial charge on any atom is 0.339 e. The molecule has 2 N–H and O–H groups in total. The van der Waals surface area contributed by atoms with Crippen LogP contribution < -0.4 is 10.0 Å². The maximum atomic E-state index is 13.3. The molecule has 0 fully saturated rings. The summed E-state index contributed by atoms with van der Waals surface area (Å²) >= 11 is 0. The minimum Gasteiger partial charge on any atom is -0.465 e. The van der Waals surface area contributed by atoms with Gasteiger partial charge in [0.15, 0.2) is 0 Å². The molecule has 0 heterocycles. The second-order valence-corrected chi connectivity index (χ2v) is 10.6. The number of hydrogen-bond acceptors (Lipinski definition) is 9. The van der Waals surface area contributed by atoms with Crippen molar-refractivity contribution in [3.05, 3.63) is 47.5 Å². The summed E-state index contributed by atoms with van der Waals surface area (Å²) in [6, 6.07) is 7.25. The van der Waals surface area contributed by atoms with Crippen LogP contribution in [0.15, 0.2) is 46.2 Å². The van der Waals surface area contributed by atoms with Crippen molar-refractivity contribution in [3.8, 4) is 0 Å². The van der Waals surface area contributed by atoms with Gasteiger partial charge in [0.2, 0.25) is 10.0 Å². The zero-order valence-corrected chi connectivity index (χ0v) is 20.3. The number of sulfonamides is 2. The zero-order valence-electron chi connectivity index (χ0n) is 18.7. The number of nitrogens with one attached hydrogen (secondary N) is 2. The third-order valence-corrected chi connectivity index (χ3v) is 7.70. The smallest absolute Gasteiger partial charge is 0.339 e. The highest BCUT2D eigenvalue weighted by Gasteiger charge is 2.27.